The third-order valence-electron chi connectivity index (χ3n) is 11.9. The Morgan fingerprint density at radius 3 is 1.04 bits per heavy atom. The number of carboxylic acids is 1. The van der Waals surface area contributed by atoms with Gasteiger partial charge in [-0.05, 0) is 82.3 Å². The van der Waals surface area contributed by atoms with Crippen molar-refractivity contribution in [2.24, 2.45) is 0 Å². The van der Waals surface area contributed by atoms with Gasteiger partial charge < -0.3 is 14.7 Å². The average molecular weight is 918 g/mol. The lowest BCUT2D eigenvalue weighted by Gasteiger charge is -2.36. The second kappa shape index (κ2) is 23.3. The summed E-state index contributed by atoms with van der Waals surface area (Å²) in [6, 6.07) is 56.2. The van der Waals surface area contributed by atoms with Crippen molar-refractivity contribution < 1.29 is 29.0 Å². The average Bonchev–Trinajstić information content (AvgIpc) is 3.40. The first-order chi connectivity index (χ1) is 34.2. The van der Waals surface area contributed by atoms with Gasteiger partial charge in [-0.3, -0.25) is 14.4 Å². The Bertz CT molecular complexity index is 3160. The zero-order valence-electron chi connectivity index (χ0n) is 38.8. The molecular weight excluding hydrogens is 867 g/mol. The summed E-state index contributed by atoms with van der Waals surface area (Å²) < 4.78 is 5.95. The van der Waals surface area contributed by atoms with Gasteiger partial charge in [0, 0.05) is 46.5 Å². The van der Waals surface area contributed by atoms with Crippen molar-refractivity contribution in [3.8, 4) is 0 Å². The molecule has 0 unspecified atom stereocenters. The Morgan fingerprint density at radius 1 is 0.414 bits per heavy atom. The van der Waals surface area contributed by atoms with Crippen molar-refractivity contribution in [3.05, 3.63) is 261 Å². The number of carboxylic acid groups (broad SMARTS) is 1. The highest BCUT2D eigenvalue weighted by Crippen LogP contribution is 2.47. The SMILES string of the molecule is Cc1c(C(=O)O)c(C(=Cc2ccccc2)C(=O)C=Cc2ccccc2)c(C(=Cc2ccccc2)C(=O)C=Cc2ccccc2)c(N2CCOCC2)c1C(=Cc1ccccc1)C(=O)C=Cc1ccccc1. The van der Waals surface area contributed by atoms with Crippen LogP contribution in [-0.2, 0) is 19.1 Å². The number of benzene rings is 7. The summed E-state index contributed by atoms with van der Waals surface area (Å²) in [7, 11) is 0. The highest BCUT2D eigenvalue weighted by Gasteiger charge is 2.36. The number of allylic oxidation sites excluding steroid dienone is 6. The molecule has 0 amide bonds. The number of rotatable bonds is 17. The van der Waals surface area contributed by atoms with Gasteiger partial charge in [-0.15, -0.1) is 0 Å². The number of carbonyl (C=O) groups is 4. The minimum atomic E-state index is -1.35. The molecular formula is C63H51NO6. The van der Waals surface area contributed by atoms with Gasteiger partial charge in [0.2, 0.25) is 0 Å². The van der Waals surface area contributed by atoms with E-state index in [-0.39, 0.29) is 39.0 Å². The number of carbonyl (C=O) groups excluding carboxylic acids is 3. The van der Waals surface area contributed by atoms with Crippen LogP contribution in [0.15, 0.2) is 200 Å². The molecule has 1 aliphatic heterocycles. The van der Waals surface area contributed by atoms with E-state index < -0.39 is 23.3 Å². The van der Waals surface area contributed by atoms with Gasteiger partial charge in [-0.1, -0.05) is 200 Å². The molecule has 7 heteroatoms. The maximum absolute atomic E-state index is 15.5. The van der Waals surface area contributed by atoms with E-state index >= 15 is 14.4 Å². The van der Waals surface area contributed by atoms with Gasteiger partial charge in [0.05, 0.1) is 24.5 Å². The van der Waals surface area contributed by atoms with Crippen LogP contribution in [-0.4, -0.2) is 54.7 Å². The molecule has 0 aliphatic carbocycles. The fourth-order valence-corrected chi connectivity index (χ4v) is 8.51. The van der Waals surface area contributed by atoms with Crippen LogP contribution >= 0.6 is 0 Å². The zero-order valence-corrected chi connectivity index (χ0v) is 38.8. The standard InChI is InChI=1S/C63H51NO6/c1-45-58(52(42-49-26-14-5-15-27-49)55(65)35-32-46-20-8-2-9-21-46)62(64-38-40-70-41-39-64)61(54(44-51-30-18-7-19-31-51)57(67)37-34-48-24-12-4-13-25-48)60(59(45)63(68)69)53(43-50-28-16-6-17-29-50)56(66)36-33-47-22-10-3-11-23-47/h2-37,42-44H,38-41H2,1H3,(H,68,69). The number of hydrogen-bond acceptors (Lipinski definition) is 6. The van der Waals surface area contributed by atoms with E-state index in [1.807, 2.05) is 182 Å². The molecule has 1 N–H and O–H groups in total. The van der Waals surface area contributed by atoms with Gasteiger partial charge in [-0.2, -0.15) is 0 Å². The van der Waals surface area contributed by atoms with Crippen LogP contribution in [0.2, 0.25) is 0 Å². The molecule has 1 fully saturated rings. The molecule has 344 valence electrons. The van der Waals surface area contributed by atoms with E-state index in [0.717, 1.165) is 16.7 Å². The minimum Gasteiger partial charge on any atom is -0.478 e. The molecule has 7 nitrogen and oxygen atoms in total. The van der Waals surface area contributed by atoms with Crippen LogP contribution in [0.25, 0.3) is 53.2 Å². The molecule has 0 spiro atoms. The molecule has 8 rings (SSSR count). The second-order valence-electron chi connectivity index (χ2n) is 16.6. The molecule has 7 aromatic carbocycles. The van der Waals surface area contributed by atoms with E-state index in [9.17, 15) is 9.90 Å². The molecule has 0 bridgehead atoms. The molecule has 70 heavy (non-hydrogen) atoms. The van der Waals surface area contributed by atoms with Crippen molar-refractivity contribution in [2.45, 2.75) is 6.92 Å². The van der Waals surface area contributed by atoms with Crippen LogP contribution in [0.4, 0.5) is 5.69 Å². The summed E-state index contributed by atoms with van der Waals surface area (Å²) in [5, 5.41) is 11.8. The van der Waals surface area contributed by atoms with Crippen molar-refractivity contribution in [1.29, 1.82) is 0 Å². The normalized spacial score (nSPS) is 13.6. The van der Waals surface area contributed by atoms with Crippen LogP contribution in [0.5, 0.6) is 0 Å². The van der Waals surface area contributed by atoms with Gasteiger partial charge >= 0.3 is 5.97 Å². The maximum Gasteiger partial charge on any atom is 0.336 e. The Labute approximate surface area is 409 Å². The monoisotopic (exact) mass is 917 g/mol. The maximum atomic E-state index is 15.5. The lowest BCUT2D eigenvalue weighted by Crippen LogP contribution is -2.38. The smallest absolute Gasteiger partial charge is 0.336 e. The van der Waals surface area contributed by atoms with Gasteiger partial charge in [-0.25, -0.2) is 4.79 Å². The fraction of sp³-hybridized carbons (Fsp3) is 0.0794. The third-order valence-corrected chi connectivity index (χ3v) is 11.9. The van der Waals surface area contributed by atoms with E-state index in [2.05, 4.69) is 4.90 Å². The highest BCUT2D eigenvalue weighted by molar-refractivity contribution is 6.39. The van der Waals surface area contributed by atoms with Gasteiger partial charge in [0.15, 0.2) is 17.3 Å². The lowest BCUT2D eigenvalue weighted by atomic mass is 9.77. The topological polar surface area (TPSA) is 101 Å². The minimum absolute atomic E-state index is 0.0387. The number of ether oxygens (including phenoxy) is 1. The molecule has 7 aromatic rings. The molecule has 0 aromatic heterocycles. The van der Waals surface area contributed by atoms with Gasteiger partial charge in [0.25, 0.3) is 0 Å². The number of anilines is 1. The van der Waals surface area contributed by atoms with E-state index in [4.69, 9.17) is 4.74 Å². The molecule has 1 heterocycles. The van der Waals surface area contributed by atoms with Crippen molar-refractivity contribution >= 4 is 82.2 Å². The van der Waals surface area contributed by atoms with Crippen molar-refractivity contribution in [3.63, 3.8) is 0 Å². The Kier molecular flexibility index (Phi) is 15.9. The molecule has 0 saturated carbocycles. The first-order valence-corrected chi connectivity index (χ1v) is 23.2. The summed E-state index contributed by atoms with van der Waals surface area (Å²) in [6.45, 7) is 2.94. The molecule has 0 atom stereocenters. The van der Waals surface area contributed by atoms with Crippen LogP contribution in [0.3, 0.4) is 0 Å². The van der Waals surface area contributed by atoms with Crippen LogP contribution < -0.4 is 4.90 Å². The number of hydrogen-bond donors (Lipinski definition) is 1. The van der Waals surface area contributed by atoms with E-state index in [1.165, 1.54) is 18.2 Å². The Hall–Kier alpha value is -8.78. The second-order valence-corrected chi connectivity index (χ2v) is 16.6. The van der Waals surface area contributed by atoms with Crippen LogP contribution in [0, 0.1) is 6.92 Å². The number of morpholine rings is 1. The molecule has 0 radical (unpaired) electrons. The first kappa shape index (κ1) is 47.7. The Morgan fingerprint density at radius 2 is 0.714 bits per heavy atom. The summed E-state index contributed by atoms with van der Waals surface area (Å²) in [4.78, 5) is 62.6. The van der Waals surface area contributed by atoms with Crippen LogP contribution in [0.1, 0.15) is 66.0 Å². The quantitative estimate of drug-likeness (QED) is 0.0717. The summed E-state index contributed by atoms with van der Waals surface area (Å²) >= 11 is 0. The molecule has 1 aliphatic rings. The first-order valence-electron chi connectivity index (χ1n) is 23.2. The van der Waals surface area contributed by atoms with Gasteiger partial charge in [0.1, 0.15) is 0 Å². The van der Waals surface area contributed by atoms with E-state index in [1.54, 1.807) is 43.4 Å². The predicted octanol–water partition coefficient (Wildman–Crippen LogP) is 13.0. The fourth-order valence-electron chi connectivity index (χ4n) is 8.51. The number of ketones is 3. The number of aromatic carboxylic acids is 1. The third kappa shape index (κ3) is 11.8. The predicted molar refractivity (Wildman–Crippen MR) is 286 cm³/mol. The van der Waals surface area contributed by atoms with Crippen molar-refractivity contribution in [2.75, 3.05) is 31.2 Å². The Balaban J connectivity index is 1.56. The highest BCUT2D eigenvalue weighted by atomic mass is 16.5. The largest absolute Gasteiger partial charge is 0.478 e. The zero-order chi connectivity index (χ0) is 48.7. The van der Waals surface area contributed by atoms with Crippen molar-refractivity contribution in [1.82, 2.24) is 0 Å². The summed E-state index contributed by atoms with van der Waals surface area (Å²) in [6.07, 6.45) is 14.7. The summed E-state index contributed by atoms with van der Waals surface area (Å²) in [5.41, 5.74) is 5.63. The summed E-state index contributed by atoms with van der Waals surface area (Å²) in [5.74, 6) is -2.69. The van der Waals surface area contributed by atoms with E-state index in [0.29, 0.717) is 54.2 Å². The number of nitrogens with zero attached hydrogens (tertiary/aromatic N) is 1. The molecule has 1 saturated heterocycles. The lowest BCUT2D eigenvalue weighted by molar-refractivity contribution is -0.110.